The maximum absolute atomic E-state index is 11.1. The van der Waals surface area contributed by atoms with Crippen LogP contribution in [0.4, 0.5) is 0 Å². The minimum Gasteiger partial charge on any atom is -0.491 e. The second-order valence-corrected chi connectivity index (χ2v) is 9.02. The smallest absolute Gasteiger partial charge is 0.236 e. The van der Waals surface area contributed by atoms with Crippen molar-refractivity contribution in [3.63, 3.8) is 0 Å². The Labute approximate surface area is 166 Å². The summed E-state index contributed by atoms with van der Waals surface area (Å²) >= 11 is 6.39. The van der Waals surface area contributed by atoms with Gasteiger partial charge in [-0.25, -0.2) is 4.98 Å². The molecule has 1 aromatic heterocycles. The Morgan fingerprint density at radius 2 is 2.11 bits per heavy atom. The van der Waals surface area contributed by atoms with Crippen LogP contribution in [-0.4, -0.2) is 36.7 Å². The van der Waals surface area contributed by atoms with Crippen molar-refractivity contribution in [1.29, 1.82) is 0 Å². The molecule has 2 aliphatic carbocycles. The lowest BCUT2D eigenvalue weighted by Gasteiger charge is -2.35. The number of ketones is 1. The molecule has 150 valence electrons. The molecule has 1 atom stereocenters. The van der Waals surface area contributed by atoms with Gasteiger partial charge in [0, 0.05) is 30.7 Å². The molecule has 2 aliphatic rings. The van der Waals surface area contributed by atoms with E-state index in [1.54, 1.807) is 19.2 Å². The normalized spacial score (nSPS) is 24.0. The average molecular weight is 396 g/mol. The van der Waals surface area contributed by atoms with Crippen molar-refractivity contribution in [1.82, 2.24) is 4.98 Å². The van der Waals surface area contributed by atoms with E-state index in [0.717, 1.165) is 12.8 Å². The molecule has 0 N–H and O–H groups in total. The highest BCUT2D eigenvalue weighted by molar-refractivity contribution is 6.33. The summed E-state index contributed by atoms with van der Waals surface area (Å²) in [4.78, 5) is 15.3. The van der Waals surface area contributed by atoms with E-state index < -0.39 is 0 Å². The highest BCUT2D eigenvalue weighted by Crippen LogP contribution is 2.45. The molecule has 1 heterocycles. The van der Waals surface area contributed by atoms with E-state index in [1.165, 1.54) is 12.8 Å². The van der Waals surface area contributed by atoms with Crippen LogP contribution in [0.25, 0.3) is 0 Å². The number of carbonyl (C=O) groups is 1. The zero-order valence-electron chi connectivity index (χ0n) is 16.5. The molecule has 2 fully saturated rings. The van der Waals surface area contributed by atoms with Gasteiger partial charge >= 0.3 is 0 Å². The molecule has 0 aromatic carbocycles. The number of pyridine rings is 1. The fourth-order valence-electron chi connectivity index (χ4n) is 3.22. The molecular weight excluding hydrogens is 366 g/mol. The molecule has 5 nitrogen and oxygen atoms in total. The maximum atomic E-state index is 11.1. The molecule has 2 saturated carbocycles. The Morgan fingerprint density at radius 1 is 1.37 bits per heavy atom. The van der Waals surface area contributed by atoms with Crippen LogP contribution in [0.5, 0.6) is 11.6 Å². The number of carbonyl (C=O) groups excluding carboxylic acids is 1. The first-order chi connectivity index (χ1) is 12.8. The summed E-state index contributed by atoms with van der Waals surface area (Å²) in [6.45, 7) is 7.79. The Kier molecular flexibility index (Phi) is 6.64. The lowest BCUT2D eigenvalue weighted by atomic mass is 9.83. The fourth-order valence-corrected chi connectivity index (χ4v) is 3.44. The molecule has 3 rings (SSSR count). The van der Waals surface area contributed by atoms with Gasteiger partial charge in [0.15, 0.2) is 0 Å². The van der Waals surface area contributed by atoms with Crippen molar-refractivity contribution >= 4 is 17.4 Å². The van der Waals surface area contributed by atoms with Crippen LogP contribution in [0.1, 0.15) is 52.9 Å². The first-order valence-electron chi connectivity index (χ1n) is 9.86. The summed E-state index contributed by atoms with van der Waals surface area (Å²) in [7, 11) is 0. The van der Waals surface area contributed by atoms with Crippen molar-refractivity contribution in [2.24, 2.45) is 17.3 Å². The van der Waals surface area contributed by atoms with Crippen LogP contribution >= 0.6 is 11.6 Å². The summed E-state index contributed by atoms with van der Waals surface area (Å²) in [5, 5.41) is 0.451. The van der Waals surface area contributed by atoms with Gasteiger partial charge < -0.3 is 19.0 Å². The number of nitrogens with zero attached hydrogens (tertiary/aromatic N) is 1. The van der Waals surface area contributed by atoms with E-state index in [-0.39, 0.29) is 17.8 Å². The van der Waals surface area contributed by atoms with Gasteiger partial charge in [0.05, 0.1) is 19.3 Å². The Hall–Kier alpha value is -1.33. The monoisotopic (exact) mass is 395 g/mol. The number of hydrogen-bond acceptors (Lipinski definition) is 5. The van der Waals surface area contributed by atoms with Crippen LogP contribution in [0.15, 0.2) is 12.3 Å². The zero-order chi connectivity index (χ0) is 19.4. The molecule has 6 heteroatoms. The molecule has 1 aromatic rings. The van der Waals surface area contributed by atoms with E-state index in [1.807, 2.05) is 6.92 Å². The Balaban J connectivity index is 1.37. The Morgan fingerprint density at radius 3 is 2.78 bits per heavy atom. The van der Waals surface area contributed by atoms with Crippen LogP contribution in [-0.2, 0) is 9.53 Å². The third kappa shape index (κ3) is 6.08. The summed E-state index contributed by atoms with van der Waals surface area (Å²) in [5.74, 6) is 2.03. The molecule has 0 saturated heterocycles. The van der Waals surface area contributed by atoms with Crippen LogP contribution in [0, 0.1) is 17.3 Å². The molecule has 0 bridgehead atoms. The number of halogens is 1. The number of aromatic nitrogens is 1. The predicted molar refractivity (Wildman–Crippen MR) is 105 cm³/mol. The number of ether oxygens (including phenoxy) is 3. The molecule has 0 aliphatic heterocycles. The highest BCUT2D eigenvalue weighted by atomic mass is 35.5. The van der Waals surface area contributed by atoms with Crippen LogP contribution in [0.2, 0.25) is 5.02 Å². The van der Waals surface area contributed by atoms with Crippen LogP contribution < -0.4 is 9.47 Å². The van der Waals surface area contributed by atoms with Crippen molar-refractivity contribution in [2.75, 3.05) is 19.8 Å². The standard InChI is InChI=1S/C21H30ClNO4/c1-14(8-15(2)24)11-25-17-9-16(10-17)12-26-20-19(22)18(4-7-23-20)27-13-21(3)5-6-21/h4,7,14,16-17H,5-6,8-13H2,1-3H3/t14-,16?,17?/m1/s1. The van der Waals surface area contributed by atoms with Gasteiger partial charge in [-0.15, -0.1) is 0 Å². The molecule has 0 spiro atoms. The molecule has 0 unspecified atom stereocenters. The molecular formula is C21H30ClNO4. The average Bonchev–Trinajstić information content (AvgIpc) is 3.30. The summed E-state index contributed by atoms with van der Waals surface area (Å²) in [6, 6.07) is 1.79. The largest absolute Gasteiger partial charge is 0.491 e. The summed E-state index contributed by atoms with van der Waals surface area (Å²) < 4.78 is 17.6. The van der Waals surface area contributed by atoms with Gasteiger partial charge in [-0.05, 0) is 44.4 Å². The van der Waals surface area contributed by atoms with Gasteiger partial charge in [-0.2, -0.15) is 0 Å². The van der Waals surface area contributed by atoms with E-state index in [2.05, 4.69) is 11.9 Å². The van der Waals surface area contributed by atoms with E-state index in [4.69, 9.17) is 25.8 Å². The number of hydrogen-bond donors (Lipinski definition) is 0. The lowest BCUT2D eigenvalue weighted by molar-refractivity contribution is -0.119. The molecule has 0 radical (unpaired) electrons. The van der Waals surface area contributed by atoms with Gasteiger partial charge in [0.25, 0.3) is 0 Å². The van der Waals surface area contributed by atoms with E-state index >= 15 is 0 Å². The van der Waals surface area contributed by atoms with Gasteiger partial charge in [0.1, 0.15) is 16.6 Å². The van der Waals surface area contributed by atoms with Crippen molar-refractivity contribution in [3.05, 3.63) is 17.3 Å². The second kappa shape index (κ2) is 8.78. The molecule has 27 heavy (non-hydrogen) atoms. The first kappa shape index (κ1) is 20.4. The Bertz CT molecular complexity index is 656. The minimum atomic E-state index is 0.216. The maximum Gasteiger partial charge on any atom is 0.236 e. The van der Waals surface area contributed by atoms with E-state index in [9.17, 15) is 4.79 Å². The summed E-state index contributed by atoms with van der Waals surface area (Å²) in [6.07, 6.45) is 6.88. The van der Waals surface area contributed by atoms with Crippen molar-refractivity contribution in [3.8, 4) is 11.6 Å². The lowest BCUT2D eigenvalue weighted by Crippen LogP contribution is -2.36. The summed E-state index contributed by atoms with van der Waals surface area (Å²) in [5.41, 5.74) is 0.302. The van der Waals surface area contributed by atoms with Gasteiger partial charge in [-0.3, -0.25) is 0 Å². The molecule has 0 amide bonds. The zero-order valence-corrected chi connectivity index (χ0v) is 17.3. The third-order valence-corrected chi connectivity index (χ3v) is 5.75. The minimum absolute atomic E-state index is 0.216. The predicted octanol–water partition coefficient (Wildman–Crippen LogP) is 4.70. The topological polar surface area (TPSA) is 57.7 Å². The van der Waals surface area contributed by atoms with Crippen molar-refractivity contribution in [2.45, 2.75) is 59.0 Å². The first-order valence-corrected chi connectivity index (χ1v) is 10.2. The van der Waals surface area contributed by atoms with Gasteiger partial charge in [-0.1, -0.05) is 25.4 Å². The second-order valence-electron chi connectivity index (χ2n) is 8.64. The van der Waals surface area contributed by atoms with E-state index in [0.29, 0.717) is 54.2 Å². The third-order valence-electron chi connectivity index (χ3n) is 5.40. The number of Topliss-reactive ketones (excluding diaryl/α,β-unsaturated/α-hetero) is 1. The van der Waals surface area contributed by atoms with Crippen LogP contribution in [0.3, 0.4) is 0 Å². The fraction of sp³-hybridized carbons (Fsp3) is 0.714. The quantitative estimate of drug-likeness (QED) is 0.543. The SMILES string of the molecule is CC(=O)C[C@@H](C)COC1CC(COc2nccc(OCC3(C)CC3)c2Cl)C1. The van der Waals surface area contributed by atoms with Crippen molar-refractivity contribution < 1.29 is 19.0 Å². The number of rotatable bonds is 11. The highest BCUT2D eigenvalue weighted by Gasteiger charge is 2.38. The van der Waals surface area contributed by atoms with Gasteiger partial charge in [0.2, 0.25) is 5.88 Å².